The van der Waals surface area contributed by atoms with Gasteiger partial charge in [-0.3, -0.25) is 0 Å². The van der Waals surface area contributed by atoms with Crippen LogP contribution in [0.15, 0.2) is 0 Å². The molecular formula is C13H22N2O4. The summed E-state index contributed by atoms with van der Waals surface area (Å²) in [5, 5.41) is 20.9. The standard InChI is InChI=1S/C13H22N2O4/c16-8-4-10-3-7-15(9-10)12(19)14-13(11(17)18)5-1-2-6-13/h10,16H,1-9H2,(H,14,19)(H,17,18). The Morgan fingerprint density at radius 1 is 1.32 bits per heavy atom. The maximum Gasteiger partial charge on any atom is 0.329 e. The predicted octanol–water partition coefficient (Wildman–Crippen LogP) is 0.798. The SMILES string of the molecule is O=C(NC1(C(=O)O)CCCC1)N1CCC(CCO)C1. The minimum atomic E-state index is -1.06. The summed E-state index contributed by atoms with van der Waals surface area (Å²) in [7, 11) is 0. The van der Waals surface area contributed by atoms with Gasteiger partial charge in [0.05, 0.1) is 0 Å². The minimum Gasteiger partial charge on any atom is -0.480 e. The molecular weight excluding hydrogens is 248 g/mol. The second-order valence-corrected chi connectivity index (χ2v) is 5.64. The first-order valence-electron chi connectivity index (χ1n) is 6.99. The lowest BCUT2D eigenvalue weighted by molar-refractivity contribution is -0.144. The molecule has 1 saturated carbocycles. The van der Waals surface area contributed by atoms with Gasteiger partial charge in [-0.2, -0.15) is 0 Å². The third-order valence-electron chi connectivity index (χ3n) is 4.32. The maximum absolute atomic E-state index is 12.1. The van der Waals surface area contributed by atoms with E-state index in [0.717, 1.165) is 19.3 Å². The van der Waals surface area contributed by atoms with E-state index in [1.54, 1.807) is 4.90 Å². The number of likely N-dealkylation sites (tertiary alicyclic amines) is 1. The van der Waals surface area contributed by atoms with E-state index in [2.05, 4.69) is 5.32 Å². The number of carboxylic acid groups (broad SMARTS) is 1. The third kappa shape index (κ3) is 3.00. The van der Waals surface area contributed by atoms with Gasteiger partial charge < -0.3 is 20.4 Å². The van der Waals surface area contributed by atoms with Crippen LogP contribution >= 0.6 is 0 Å². The van der Waals surface area contributed by atoms with E-state index >= 15 is 0 Å². The number of carbonyl (C=O) groups is 2. The van der Waals surface area contributed by atoms with Crippen LogP contribution in [0.3, 0.4) is 0 Å². The minimum absolute atomic E-state index is 0.138. The fourth-order valence-corrected chi connectivity index (χ4v) is 3.09. The van der Waals surface area contributed by atoms with Crippen molar-refractivity contribution in [3.8, 4) is 0 Å². The molecule has 1 unspecified atom stereocenters. The van der Waals surface area contributed by atoms with Crippen molar-refractivity contribution in [1.82, 2.24) is 10.2 Å². The van der Waals surface area contributed by atoms with Crippen molar-refractivity contribution in [3.63, 3.8) is 0 Å². The molecule has 0 spiro atoms. The van der Waals surface area contributed by atoms with Gasteiger partial charge >= 0.3 is 12.0 Å². The quantitative estimate of drug-likeness (QED) is 0.704. The molecule has 2 fully saturated rings. The molecule has 1 aliphatic heterocycles. The van der Waals surface area contributed by atoms with Crippen LogP contribution < -0.4 is 5.32 Å². The lowest BCUT2D eigenvalue weighted by atomic mass is 9.98. The smallest absolute Gasteiger partial charge is 0.329 e. The fraction of sp³-hybridized carbons (Fsp3) is 0.846. The second-order valence-electron chi connectivity index (χ2n) is 5.64. The van der Waals surface area contributed by atoms with Crippen molar-refractivity contribution < 1.29 is 19.8 Å². The molecule has 3 N–H and O–H groups in total. The van der Waals surface area contributed by atoms with Gasteiger partial charge in [0.1, 0.15) is 5.54 Å². The summed E-state index contributed by atoms with van der Waals surface area (Å²) in [6.45, 7) is 1.40. The highest BCUT2D eigenvalue weighted by Gasteiger charge is 2.43. The van der Waals surface area contributed by atoms with Crippen molar-refractivity contribution in [2.75, 3.05) is 19.7 Å². The Morgan fingerprint density at radius 3 is 2.58 bits per heavy atom. The Morgan fingerprint density at radius 2 is 2.00 bits per heavy atom. The van der Waals surface area contributed by atoms with E-state index in [9.17, 15) is 14.7 Å². The summed E-state index contributed by atoms with van der Waals surface area (Å²) in [5.74, 6) is -0.593. The van der Waals surface area contributed by atoms with Gasteiger partial charge in [-0.05, 0) is 31.6 Å². The molecule has 6 heteroatoms. The number of aliphatic hydroxyl groups excluding tert-OH is 1. The van der Waals surface area contributed by atoms with Crippen molar-refractivity contribution >= 4 is 12.0 Å². The number of nitrogens with one attached hydrogen (secondary N) is 1. The van der Waals surface area contributed by atoms with E-state index in [-0.39, 0.29) is 12.6 Å². The molecule has 0 aromatic rings. The van der Waals surface area contributed by atoms with Gasteiger partial charge in [0.15, 0.2) is 0 Å². The summed E-state index contributed by atoms with van der Waals surface area (Å²) in [4.78, 5) is 25.2. The molecule has 0 radical (unpaired) electrons. The van der Waals surface area contributed by atoms with Crippen LogP contribution in [-0.4, -0.2) is 52.3 Å². The Kier molecular flexibility index (Phi) is 4.29. The van der Waals surface area contributed by atoms with Crippen molar-refractivity contribution in [2.24, 2.45) is 5.92 Å². The molecule has 1 saturated heterocycles. The molecule has 2 rings (SSSR count). The molecule has 0 aromatic carbocycles. The second kappa shape index (κ2) is 5.77. The average molecular weight is 270 g/mol. The first-order chi connectivity index (χ1) is 9.07. The van der Waals surface area contributed by atoms with Crippen molar-refractivity contribution in [1.29, 1.82) is 0 Å². The third-order valence-corrected chi connectivity index (χ3v) is 4.32. The number of carbonyl (C=O) groups excluding carboxylic acids is 1. The molecule has 6 nitrogen and oxygen atoms in total. The maximum atomic E-state index is 12.1. The highest BCUT2D eigenvalue weighted by molar-refractivity contribution is 5.86. The van der Waals surface area contributed by atoms with Gasteiger partial charge in [0, 0.05) is 19.7 Å². The Hall–Kier alpha value is -1.30. The Bertz CT molecular complexity index is 353. The number of hydrogen-bond donors (Lipinski definition) is 3. The summed E-state index contributed by atoms with van der Waals surface area (Å²) >= 11 is 0. The van der Waals surface area contributed by atoms with Crippen LogP contribution in [-0.2, 0) is 4.79 Å². The van der Waals surface area contributed by atoms with Gasteiger partial charge in [-0.15, -0.1) is 0 Å². The first kappa shape index (κ1) is 14.1. The van der Waals surface area contributed by atoms with Crippen LogP contribution in [0.4, 0.5) is 4.79 Å². The Balaban J connectivity index is 1.92. The van der Waals surface area contributed by atoms with Crippen LogP contribution in [0.2, 0.25) is 0 Å². The van der Waals surface area contributed by atoms with Gasteiger partial charge in [0.2, 0.25) is 0 Å². The number of urea groups is 1. The number of hydrogen-bond acceptors (Lipinski definition) is 3. The summed E-state index contributed by atoms with van der Waals surface area (Å²) in [6.07, 6.45) is 4.31. The van der Waals surface area contributed by atoms with E-state index < -0.39 is 11.5 Å². The normalized spacial score (nSPS) is 25.5. The molecule has 1 atom stereocenters. The molecule has 2 aliphatic rings. The number of carboxylic acids is 1. The number of nitrogens with zero attached hydrogens (tertiary/aromatic N) is 1. The number of amides is 2. The number of rotatable bonds is 4. The van der Waals surface area contributed by atoms with E-state index in [1.807, 2.05) is 0 Å². The van der Waals surface area contributed by atoms with E-state index in [1.165, 1.54) is 0 Å². The van der Waals surface area contributed by atoms with Crippen molar-refractivity contribution in [2.45, 2.75) is 44.1 Å². The largest absolute Gasteiger partial charge is 0.480 e. The number of aliphatic hydroxyl groups is 1. The van der Waals surface area contributed by atoms with Crippen LogP contribution in [0.5, 0.6) is 0 Å². The molecule has 1 aliphatic carbocycles. The molecule has 0 bridgehead atoms. The van der Waals surface area contributed by atoms with Crippen molar-refractivity contribution in [3.05, 3.63) is 0 Å². The monoisotopic (exact) mass is 270 g/mol. The zero-order valence-corrected chi connectivity index (χ0v) is 11.1. The molecule has 19 heavy (non-hydrogen) atoms. The summed E-state index contributed by atoms with van der Waals surface area (Å²) < 4.78 is 0. The predicted molar refractivity (Wildman–Crippen MR) is 68.7 cm³/mol. The zero-order chi connectivity index (χ0) is 13.9. The molecule has 0 aromatic heterocycles. The van der Waals surface area contributed by atoms with Gasteiger partial charge in [-0.25, -0.2) is 9.59 Å². The average Bonchev–Trinajstić information content (AvgIpc) is 2.99. The van der Waals surface area contributed by atoms with Crippen LogP contribution in [0.1, 0.15) is 38.5 Å². The summed E-state index contributed by atoms with van der Waals surface area (Å²) in [6, 6.07) is -0.273. The Labute approximate surface area is 112 Å². The number of aliphatic carboxylic acids is 1. The van der Waals surface area contributed by atoms with Crippen LogP contribution in [0.25, 0.3) is 0 Å². The molecule has 2 amide bonds. The highest BCUT2D eigenvalue weighted by Crippen LogP contribution is 2.30. The fourth-order valence-electron chi connectivity index (χ4n) is 3.09. The zero-order valence-electron chi connectivity index (χ0n) is 11.1. The van der Waals surface area contributed by atoms with Gasteiger partial charge in [0.25, 0.3) is 0 Å². The molecule has 1 heterocycles. The van der Waals surface area contributed by atoms with Crippen LogP contribution in [0, 0.1) is 5.92 Å². The van der Waals surface area contributed by atoms with E-state index in [0.29, 0.717) is 38.3 Å². The summed E-state index contributed by atoms with van der Waals surface area (Å²) in [5.41, 5.74) is -1.06. The van der Waals surface area contributed by atoms with Gasteiger partial charge in [-0.1, -0.05) is 12.8 Å². The first-order valence-corrected chi connectivity index (χ1v) is 6.99. The lowest BCUT2D eigenvalue weighted by Crippen LogP contribution is -2.56. The highest BCUT2D eigenvalue weighted by atomic mass is 16.4. The van der Waals surface area contributed by atoms with E-state index in [4.69, 9.17) is 5.11 Å². The lowest BCUT2D eigenvalue weighted by Gasteiger charge is -2.28. The molecule has 108 valence electrons. The topological polar surface area (TPSA) is 89.9 Å².